The first-order chi connectivity index (χ1) is 18.2. The van der Waals surface area contributed by atoms with E-state index < -0.39 is 18.0 Å². The molecule has 3 aromatic rings. The number of carbonyl (C=O) groups is 3. The SMILES string of the molecule is C=CCn1c(SCC(=O)Nc2cc(C(=O)OC)cc(C(=O)OC)c2)nnc1C(C)Oc1cccc(C)c1C. The summed E-state index contributed by atoms with van der Waals surface area (Å²) in [5, 5.41) is 11.8. The molecule has 0 fully saturated rings. The van der Waals surface area contributed by atoms with Crippen molar-refractivity contribution in [2.75, 3.05) is 25.3 Å². The number of aryl methyl sites for hydroxylation is 1. The van der Waals surface area contributed by atoms with Gasteiger partial charge in [0.15, 0.2) is 17.1 Å². The summed E-state index contributed by atoms with van der Waals surface area (Å²) in [6.45, 7) is 10.2. The summed E-state index contributed by atoms with van der Waals surface area (Å²) in [5.74, 6) is -0.313. The quantitative estimate of drug-likeness (QED) is 0.213. The predicted octanol–water partition coefficient (Wildman–Crippen LogP) is 4.52. The fourth-order valence-corrected chi connectivity index (χ4v) is 4.36. The number of rotatable bonds is 11. The van der Waals surface area contributed by atoms with Crippen molar-refractivity contribution < 1.29 is 28.6 Å². The van der Waals surface area contributed by atoms with Crippen LogP contribution in [0.3, 0.4) is 0 Å². The molecule has 38 heavy (non-hydrogen) atoms. The molecular weight excluding hydrogens is 508 g/mol. The van der Waals surface area contributed by atoms with Crippen LogP contribution >= 0.6 is 11.8 Å². The van der Waals surface area contributed by atoms with E-state index in [-0.39, 0.29) is 28.5 Å². The van der Waals surface area contributed by atoms with Crippen LogP contribution < -0.4 is 10.1 Å². The van der Waals surface area contributed by atoms with Gasteiger partial charge in [0.05, 0.1) is 31.1 Å². The number of carbonyl (C=O) groups excluding carboxylic acids is 3. The molecule has 0 aliphatic carbocycles. The van der Waals surface area contributed by atoms with Gasteiger partial charge in [-0.2, -0.15) is 0 Å². The van der Waals surface area contributed by atoms with Gasteiger partial charge in [-0.05, 0) is 56.2 Å². The molecule has 1 heterocycles. The number of benzene rings is 2. The van der Waals surface area contributed by atoms with E-state index in [2.05, 4.69) is 22.1 Å². The maximum absolute atomic E-state index is 12.7. The maximum atomic E-state index is 12.7. The molecule has 1 N–H and O–H groups in total. The van der Waals surface area contributed by atoms with Gasteiger partial charge >= 0.3 is 11.9 Å². The molecule has 0 saturated carbocycles. The highest BCUT2D eigenvalue weighted by atomic mass is 32.2. The van der Waals surface area contributed by atoms with Crippen LogP contribution in [0.2, 0.25) is 0 Å². The average Bonchev–Trinajstić information content (AvgIpc) is 3.31. The molecule has 1 amide bonds. The molecule has 0 aliphatic rings. The zero-order valence-corrected chi connectivity index (χ0v) is 22.8. The molecule has 0 aliphatic heterocycles. The maximum Gasteiger partial charge on any atom is 0.337 e. The van der Waals surface area contributed by atoms with Gasteiger partial charge in [0.1, 0.15) is 5.75 Å². The highest BCUT2D eigenvalue weighted by Gasteiger charge is 2.21. The molecule has 0 spiro atoms. The molecule has 3 rings (SSSR count). The number of esters is 2. The molecule has 1 unspecified atom stereocenters. The normalized spacial score (nSPS) is 11.4. The molecule has 0 radical (unpaired) electrons. The van der Waals surface area contributed by atoms with E-state index in [4.69, 9.17) is 14.2 Å². The number of hydrogen-bond acceptors (Lipinski definition) is 9. The van der Waals surface area contributed by atoms with Crippen LogP contribution in [-0.2, 0) is 20.8 Å². The lowest BCUT2D eigenvalue weighted by molar-refractivity contribution is -0.113. The van der Waals surface area contributed by atoms with Crippen LogP contribution in [-0.4, -0.2) is 52.6 Å². The van der Waals surface area contributed by atoms with Gasteiger partial charge in [0.2, 0.25) is 5.91 Å². The Morgan fingerprint density at radius 2 is 1.74 bits per heavy atom. The highest BCUT2D eigenvalue weighted by molar-refractivity contribution is 7.99. The standard InChI is InChI=1S/C27H30N4O6S/c1-7-11-31-24(18(4)37-22-10-8-9-16(2)17(22)3)29-30-27(31)38-15-23(32)28-21-13-19(25(33)35-5)12-20(14-21)26(34)36-6/h7-10,12-14,18H,1,11,15H2,2-6H3,(H,28,32). The van der Waals surface area contributed by atoms with E-state index in [1.165, 1.54) is 44.2 Å². The summed E-state index contributed by atoms with van der Waals surface area (Å²) >= 11 is 1.19. The lowest BCUT2D eigenvalue weighted by Crippen LogP contribution is -2.17. The monoisotopic (exact) mass is 538 g/mol. The molecule has 1 aromatic heterocycles. The van der Waals surface area contributed by atoms with Crippen LogP contribution in [0.15, 0.2) is 54.2 Å². The Morgan fingerprint density at radius 3 is 2.34 bits per heavy atom. The van der Waals surface area contributed by atoms with Crippen LogP contribution in [0, 0.1) is 13.8 Å². The third-order valence-corrected chi connectivity index (χ3v) is 6.64. The summed E-state index contributed by atoms with van der Waals surface area (Å²) in [6, 6.07) is 10.1. The highest BCUT2D eigenvalue weighted by Crippen LogP contribution is 2.28. The topological polar surface area (TPSA) is 122 Å². The van der Waals surface area contributed by atoms with Crippen LogP contribution in [0.1, 0.15) is 50.7 Å². The summed E-state index contributed by atoms with van der Waals surface area (Å²) < 4.78 is 17.5. The molecule has 0 saturated heterocycles. The zero-order chi connectivity index (χ0) is 27.8. The van der Waals surface area contributed by atoms with Gasteiger partial charge in [0.25, 0.3) is 0 Å². The van der Waals surface area contributed by atoms with E-state index in [9.17, 15) is 14.4 Å². The second-order valence-corrected chi connectivity index (χ2v) is 9.26. The average molecular weight is 539 g/mol. The molecule has 200 valence electrons. The van der Waals surface area contributed by atoms with E-state index >= 15 is 0 Å². The summed E-state index contributed by atoms with van der Waals surface area (Å²) in [7, 11) is 2.45. The van der Waals surface area contributed by atoms with Gasteiger partial charge in [0, 0.05) is 12.2 Å². The van der Waals surface area contributed by atoms with Crippen molar-refractivity contribution in [1.29, 1.82) is 0 Å². The van der Waals surface area contributed by atoms with Gasteiger partial charge in [-0.15, -0.1) is 16.8 Å². The minimum atomic E-state index is -0.650. The second-order valence-electron chi connectivity index (χ2n) is 8.32. The Hall–Kier alpha value is -4.12. The number of amides is 1. The van der Waals surface area contributed by atoms with Crippen molar-refractivity contribution >= 4 is 35.3 Å². The Morgan fingerprint density at radius 1 is 1.08 bits per heavy atom. The molecular formula is C27H30N4O6S. The third kappa shape index (κ3) is 6.80. The number of aromatic nitrogens is 3. The first kappa shape index (κ1) is 28.5. The smallest absolute Gasteiger partial charge is 0.337 e. The summed E-state index contributed by atoms with van der Waals surface area (Å²) in [5.41, 5.74) is 2.63. The number of allylic oxidation sites excluding steroid dienone is 1. The molecule has 0 bridgehead atoms. The largest absolute Gasteiger partial charge is 0.482 e. The first-order valence-corrected chi connectivity index (χ1v) is 12.7. The van der Waals surface area contributed by atoms with E-state index in [1.807, 2.05) is 43.5 Å². The van der Waals surface area contributed by atoms with Crippen LogP contribution in [0.4, 0.5) is 5.69 Å². The second kappa shape index (κ2) is 12.9. The predicted molar refractivity (Wildman–Crippen MR) is 144 cm³/mol. The van der Waals surface area contributed by atoms with Crippen molar-refractivity contribution in [3.05, 3.63) is 77.1 Å². The molecule has 10 nitrogen and oxygen atoms in total. The number of nitrogens with zero attached hydrogens (tertiary/aromatic N) is 3. The van der Waals surface area contributed by atoms with Gasteiger partial charge in [-0.25, -0.2) is 9.59 Å². The first-order valence-electron chi connectivity index (χ1n) is 11.7. The van der Waals surface area contributed by atoms with E-state index in [1.54, 1.807) is 6.08 Å². The number of thioether (sulfide) groups is 1. The van der Waals surface area contributed by atoms with E-state index in [0.717, 1.165) is 16.9 Å². The van der Waals surface area contributed by atoms with Gasteiger partial charge in [-0.3, -0.25) is 9.36 Å². The van der Waals surface area contributed by atoms with Crippen molar-refractivity contribution in [1.82, 2.24) is 14.8 Å². The fourth-order valence-electron chi connectivity index (χ4n) is 3.60. The molecule has 1 atom stereocenters. The Labute approximate surface area is 225 Å². The Balaban J connectivity index is 1.74. The van der Waals surface area contributed by atoms with Crippen LogP contribution in [0.5, 0.6) is 5.75 Å². The fraction of sp³-hybridized carbons (Fsp3) is 0.296. The zero-order valence-electron chi connectivity index (χ0n) is 21.9. The minimum Gasteiger partial charge on any atom is -0.482 e. The van der Waals surface area contributed by atoms with Crippen molar-refractivity contribution in [2.45, 2.75) is 38.6 Å². The van der Waals surface area contributed by atoms with Crippen molar-refractivity contribution in [3.63, 3.8) is 0 Å². The minimum absolute atomic E-state index is 0.00247. The number of hydrogen-bond donors (Lipinski definition) is 1. The van der Waals surface area contributed by atoms with Crippen molar-refractivity contribution in [2.24, 2.45) is 0 Å². The van der Waals surface area contributed by atoms with Crippen molar-refractivity contribution in [3.8, 4) is 5.75 Å². The third-order valence-electron chi connectivity index (χ3n) is 5.67. The summed E-state index contributed by atoms with van der Waals surface area (Å²) in [4.78, 5) is 36.8. The Kier molecular flexibility index (Phi) is 9.66. The number of ether oxygens (including phenoxy) is 3. The van der Waals surface area contributed by atoms with Gasteiger partial charge in [-0.1, -0.05) is 30.0 Å². The van der Waals surface area contributed by atoms with Crippen LogP contribution in [0.25, 0.3) is 0 Å². The lowest BCUT2D eigenvalue weighted by Gasteiger charge is -2.18. The van der Waals surface area contributed by atoms with E-state index in [0.29, 0.717) is 17.5 Å². The number of nitrogens with one attached hydrogen (secondary N) is 1. The molecule has 2 aromatic carbocycles. The molecule has 11 heteroatoms. The lowest BCUT2D eigenvalue weighted by atomic mass is 10.1. The summed E-state index contributed by atoms with van der Waals surface area (Å²) in [6.07, 6.45) is 1.32. The van der Waals surface area contributed by atoms with Gasteiger partial charge < -0.3 is 19.5 Å². The number of methoxy groups -OCH3 is 2. The number of anilines is 1. The Bertz CT molecular complexity index is 1320.